The van der Waals surface area contributed by atoms with Crippen LogP contribution in [0.1, 0.15) is 58.6 Å². The van der Waals surface area contributed by atoms with Crippen molar-refractivity contribution in [3.8, 4) is 0 Å². The zero-order valence-electron chi connectivity index (χ0n) is 22.1. The number of likely N-dealkylation sites (tertiary alicyclic amines) is 1. The summed E-state index contributed by atoms with van der Waals surface area (Å²) in [6, 6.07) is 4.36. The number of rotatable bonds is 9. The first-order valence-electron chi connectivity index (χ1n) is 12.5. The summed E-state index contributed by atoms with van der Waals surface area (Å²) in [5, 5.41) is 0. The van der Waals surface area contributed by atoms with Crippen LogP contribution >= 0.6 is 0 Å². The predicted octanol–water partition coefficient (Wildman–Crippen LogP) is 4.65. The van der Waals surface area contributed by atoms with Crippen molar-refractivity contribution in [2.75, 3.05) is 32.8 Å². The number of benzene rings is 1. The van der Waals surface area contributed by atoms with Crippen molar-refractivity contribution >= 4 is 18.0 Å². The van der Waals surface area contributed by atoms with Crippen molar-refractivity contribution < 1.29 is 41.8 Å². The summed E-state index contributed by atoms with van der Waals surface area (Å²) in [6.07, 6.45) is -4.57. The molecule has 0 aliphatic carbocycles. The number of piperidine rings is 1. The van der Waals surface area contributed by atoms with Gasteiger partial charge in [-0.3, -0.25) is 14.5 Å². The van der Waals surface area contributed by atoms with Crippen LogP contribution in [0, 0.1) is 5.92 Å². The van der Waals surface area contributed by atoms with Gasteiger partial charge in [-0.2, -0.15) is 13.2 Å². The lowest BCUT2D eigenvalue weighted by atomic mass is 9.90. The van der Waals surface area contributed by atoms with Crippen LogP contribution < -0.4 is 0 Å². The normalized spacial score (nSPS) is 18.5. The molecule has 1 aromatic rings. The molecular formula is C26H37F3N2O6. The number of halogens is 3. The molecule has 0 bridgehead atoms. The molecule has 1 fully saturated rings. The molecule has 1 saturated heterocycles. The van der Waals surface area contributed by atoms with Crippen LogP contribution in [0.15, 0.2) is 24.3 Å². The quantitative estimate of drug-likeness (QED) is 0.339. The molecule has 1 aromatic carbocycles. The van der Waals surface area contributed by atoms with Gasteiger partial charge < -0.3 is 19.1 Å². The number of amides is 1. The number of hydrogen-bond donors (Lipinski definition) is 0. The topological polar surface area (TPSA) is 85.4 Å². The van der Waals surface area contributed by atoms with E-state index in [0.717, 1.165) is 12.1 Å². The minimum absolute atomic E-state index is 0.0380. The molecule has 11 heteroatoms. The highest BCUT2D eigenvalue weighted by atomic mass is 19.4. The van der Waals surface area contributed by atoms with Crippen LogP contribution in [-0.4, -0.2) is 72.3 Å². The van der Waals surface area contributed by atoms with E-state index in [1.165, 1.54) is 17.0 Å². The second-order valence-electron chi connectivity index (χ2n) is 9.86. The number of esters is 2. The first-order chi connectivity index (χ1) is 17.2. The molecule has 0 saturated carbocycles. The van der Waals surface area contributed by atoms with Gasteiger partial charge in [-0.05, 0) is 58.7 Å². The molecule has 1 heterocycles. The standard InChI is InChI=1S/C26H37F3N2O6/c1-6-35-22(32)13-15-30(16-18-8-10-19(11-9-18)26(27,28)29)21-12-14-31(24(34)37-25(3,4)5)17-20(21)23(33)36-7-2/h8-11,20-21H,6-7,12-17H2,1-5H3. The molecule has 1 amide bonds. The fraction of sp³-hybridized carbons (Fsp3) is 0.654. The van der Waals surface area contributed by atoms with E-state index in [0.29, 0.717) is 18.5 Å². The zero-order valence-corrected chi connectivity index (χ0v) is 22.1. The molecule has 1 aliphatic rings. The van der Waals surface area contributed by atoms with Gasteiger partial charge in [0.05, 0.1) is 31.1 Å². The van der Waals surface area contributed by atoms with Crippen molar-refractivity contribution in [2.45, 2.75) is 71.8 Å². The Morgan fingerprint density at radius 1 is 1.03 bits per heavy atom. The minimum atomic E-state index is -4.45. The summed E-state index contributed by atoms with van der Waals surface area (Å²) in [5.41, 5.74) is -0.875. The van der Waals surface area contributed by atoms with Crippen molar-refractivity contribution in [2.24, 2.45) is 5.92 Å². The van der Waals surface area contributed by atoms with Crippen LogP contribution in [0.2, 0.25) is 0 Å². The molecule has 37 heavy (non-hydrogen) atoms. The second-order valence-corrected chi connectivity index (χ2v) is 9.86. The van der Waals surface area contributed by atoms with Gasteiger partial charge in [0.15, 0.2) is 0 Å². The number of ether oxygens (including phenoxy) is 3. The Morgan fingerprint density at radius 2 is 1.65 bits per heavy atom. The van der Waals surface area contributed by atoms with E-state index in [2.05, 4.69) is 0 Å². The summed E-state index contributed by atoms with van der Waals surface area (Å²) in [4.78, 5) is 41.1. The van der Waals surface area contributed by atoms with Crippen molar-refractivity contribution in [1.82, 2.24) is 9.80 Å². The molecule has 2 unspecified atom stereocenters. The molecule has 0 spiro atoms. The fourth-order valence-electron chi connectivity index (χ4n) is 4.21. The first kappa shape index (κ1) is 30.4. The van der Waals surface area contributed by atoms with Gasteiger partial charge in [-0.25, -0.2) is 4.79 Å². The minimum Gasteiger partial charge on any atom is -0.466 e. The van der Waals surface area contributed by atoms with Crippen molar-refractivity contribution in [3.63, 3.8) is 0 Å². The Hall–Kier alpha value is -2.82. The fourth-order valence-corrected chi connectivity index (χ4v) is 4.21. The van der Waals surface area contributed by atoms with E-state index >= 15 is 0 Å². The van der Waals surface area contributed by atoms with E-state index in [9.17, 15) is 27.6 Å². The van der Waals surface area contributed by atoms with E-state index in [-0.39, 0.29) is 39.3 Å². The van der Waals surface area contributed by atoms with Crippen LogP contribution in [-0.2, 0) is 36.5 Å². The van der Waals surface area contributed by atoms with Crippen LogP contribution in [0.4, 0.5) is 18.0 Å². The highest BCUT2D eigenvalue weighted by Gasteiger charge is 2.41. The van der Waals surface area contributed by atoms with E-state index in [1.54, 1.807) is 34.6 Å². The second kappa shape index (κ2) is 13.1. The number of nitrogens with zero attached hydrogens (tertiary/aromatic N) is 2. The maximum absolute atomic E-state index is 13.0. The van der Waals surface area contributed by atoms with Gasteiger partial charge in [-0.1, -0.05) is 12.1 Å². The molecule has 8 nitrogen and oxygen atoms in total. The lowest BCUT2D eigenvalue weighted by Gasteiger charge is -2.43. The van der Waals surface area contributed by atoms with Crippen LogP contribution in [0.25, 0.3) is 0 Å². The molecule has 0 radical (unpaired) electrons. The van der Waals surface area contributed by atoms with Gasteiger partial charge in [0.2, 0.25) is 0 Å². The average molecular weight is 531 g/mol. The molecule has 0 aromatic heterocycles. The third-order valence-electron chi connectivity index (χ3n) is 5.86. The van der Waals surface area contributed by atoms with Gasteiger partial charge in [0, 0.05) is 32.2 Å². The Bertz CT molecular complexity index is 914. The summed E-state index contributed by atoms with van der Waals surface area (Å²) in [6.45, 7) is 9.78. The summed E-state index contributed by atoms with van der Waals surface area (Å²) >= 11 is 0. The van der Waals surface area contributed by atoms with Gasteiger partial charge in [0.1, 0.15) is 5.60 Å². The lowest BCUT2D eigenvalue weighted by molar-refractivity contribution is -0.153. The predicted molar refractivity (Wildman–Crippen MR) is 129 cm³/mol. The Kier molecular flexibility index (Phi) is 10.8. The highest BCUT2D eigenvalue weighted by molar-refractivity contribution is 5.76. The third kappa shape index (κ3) is 9.53. The molecule has 208 valence electrons. The van der Waals surface area contributed by atoms with Crippen molar-refractivity contribution in [1.29, 1.82) is 0 Å². The maximum Gasteiger partial charge on any atom is 0.416 e. The number of carbonyl (C=O) groups is 3. The molecule has 2 atom stereocenters. The Balaban J connectivity index is 2.30. The summed E-state index contributed by atoms with van der Waals surface area (Å²) in [7, 11) is 0. The van der Waals surface area contributed by atoms with E-state index in [4.69, 9.17) is 14.2 Å². The summed E-state index contributed by atoms with van der Waals surface area (Å²) in [5.74, 6) is -1.65. The highest BCUT2D eigenvalue weighted by Crippen LogP contribution is 2.30. The van der Waals surface area contributed by atoms with Gasteiger partial charge >= 0.3 is 24.2 Å². The molecule has 2 rings (SSSR count). The SMILES string of the molecule is CCOC(=O)CCN(Cc1ccc(C(F)(F)F)cc1)C1CCN(C(=O)OC(C)(C)C)CC1C(=O)OCC. The van der Waals surface area contributed by atoms with E-state index in [1.807, 2.05) is 4.90 Å². The number of hydrogen-bond acceptors (Lipinski definition) is 7. The lowest BCUT2D eigenvalue weighted by Crippen LogP contribution is -2.56. The smallest absolute Gasteiger partial charge is 0.416 e. The number of carbonyl (C=O) groups excluding carboxylic acids is 3. The zero-order chi connectivity index (χ0) is 27.8. The van der Waals surface area contributed by atoms with Crippen LogP contribution in [0.3, 0.4) is 0 Å². The summed E-state index contributed by atoms with van der Waals surface area (Å²) < 4.78 is 54.9. The van der Waals surface area contributed by atoms with Gasteiger partial charge in [-0.15, -0.1) is 0 Å². The molecular weight excluding hydrogens is 493 g/mol. The first-order valence-corrected chi connectivity index (χ1v) is 12.5. The number of alkyl halides is 3. The largest absolute Gasteiger partial charge is 0.466 e. The van der Waals surface area contributed by atoms with E-state index < -0.39 is 47.3 Å². The Morgan fingerprint density at radius 3 is 2.19 bits per heavy atom. The monoisotopic (exact) mass is 530 g/mol. The Labute approximate surface area is 216 Å². The average Bonchev–Trinajstić information content (AvgIpc) is 2.80. The van der Waals surface area contributed by atoms with Gasteiger partial charge in [0.25, 0.3) is 0 Å². The molecule has 1 aliphatic heterocycles. The van der Waals surface area contributed by atoms with Crippen molar-refractivity contribution in [3.05, 3.63) is 35.4 Å². The van der Waals surface area contributed by atoms with Crippen LogP contribution in [0.5, 0.6) is 0 Å². The maximum atomic E-state index is 13.0. The molecule has 0 N–H and O–H groups in total. The third-order valence-corrected chi connectivity index (χ3v) is 5.86.